The van der Waals surface area contributed by atoms with E-state index in [4.69, 9.17) is 18.9 Å². The molecule has 1 aromatic heterocycles. The van der Waals surface area contributed by atoms with Gasteiger partial charge >= 0.3 is 0 Å². The third kappa shape index (κ3) is 8.12. The number of carbonyl (C=O) groups excluding carboxylic acids is 1. The van der Waals surface area contributed by atoms with Gasteiger partial charge in [0.25, 0.3) is 0 Å². The lowest BCUT2D eigenvalue weighted by atomic mass is 10.1. The molecule has 0 unspecified atom stereocenters. The number of nitrogens with zero attached hydrogens (tertiary/aromatic N) is 5. The van der Waals surface area contributed by atoms with E-state index in [1.54, 1.807) is 23.1 Å². The summed E-state index contributed by atoms with van der Waals surface area (Å²) in [6.07, 6.45) is 3.01. The van der Waals surface area contributed by atoms with E-state index in [2.05, 4.69) is 25.0 Å². The molecule has 0 amide bonds. The lowest BCUT2D eigenvalue weighted by Gasteiger charge is -2.27. The number of anilines is 3. The summed E-state index contributed by atoms with van der Waals surface area (Å²) in [4.78, 5) is 30.0. The van der Waals surface area contributed by atoms with Gasteiger partial charge in [0, 0.05) is 45.8 Å². The Kier molecular flexibility index (Phi) is 10.9. The van der Waals surface area contributed by atoms with Crippen LogP contribution >= 0.6 is 0 Å². The summed E-state index contributed by atoms with van der Waals surface area (Å²) in [6, 6.07) is 9.14. The third-order valence-corrected chi connectivity index (χ3v) is 8.05. The lowest BCUT2D eigenvalue weighted by molar-refractivity contribution is 0.104. The van der Waals surface area contributed by atoms with Crippen molar-refractivity contribution in [3.8, 4) is 17.2 Å². The zero-order valence-electron chi connectivity index (χ0n) is 25.4. The molecule has 0 bridgehead atoms. The summed E-state index contributed by atoms with van der Waals surface area (Å²) in [5.74, 6) is 2.42. The second-order valence-electron chi connectivity index (χ2n) is 9.76. The number of allylic oxidation sites excluding steroid dienone is 1. The minimum atomic E-state index is -3.82. The molecule has 0 radical (unpaired) electrons. The molecule has 3 aromatic rings. The van der Waals surface area contributed by atoms with Crippen LogP contribution in [0.15, 0.2) is 47.4 Å². The van der Waals surface area contributed by atoms with Crippen LogP contribution in [-0.4, -0.2) is 104 Å². The number of ether oxygens (including phenoxy) is 4. The molecule has 0 aliphatic carbocycles. The van der Waals surface area contributed by atoms with Crippen molar-refractivity contribution in [2.45, 2.75) is 4.90 Å². The maximum atomic E-state index is 12.9. The Morgan fingerprint density at radius 1 is 0.977 bits per heavy atom. The van der Waals surface area contributed by atoms with Crippen molar-refractivity contribution in [2.24, 2.45) is 0 Å². The number of hydrogen-bond acceptors (Lipinski definition) is 13. The van der Waals surface area contributed by atoms with Gasteiger partial charge in [0.15, 0.2) is 17.3 Å². The fourth-order valence-corrected chi connectivity index (χ4v) is 5.28. The second kappa shape index (κ2) is 14.8. The van der Waals surface area contributed by atoms with Crippen LogP contribution in [0.1, 0.15) is 15.9 Å². The highest BCUT2D eigenvalue weighted by atomic mass is 32.2. The molecular weight excluding hydrogens is 590 g/mol. The van der Waals surface area contributed by atoms with Crippen LogP contribution in [0.4, 0.5) is 17.8 Å². The van der Waals surface area contributed by atoms with Crippen LogP contribution in [0.2, 0.25) is 0 Å². The molecule has 236 valence electrons. The number of aromatic nitrogens is 3. The molecule has 1 saturated heterocycles. The van der Waals surface area contributed by atoms with E-state index in [1.165, 1.54) is 51.7 Å². The number of ketones is 1. The quantitative estimate of drug-likeness (QED) is 0.152. The minimum Gasteiger partial charge on any atom is -0.493 e. The van der Waals surface area contributed by atoms with Gasteiger partial charge in [-0.3, -0.25) is 4.79 Å². The molecule has 2 aromatic carbocycles. The van der Waals surface area contributed by atoms with E-state index in [0.29, 0.717) is 72.5 Å². The highest BCUT2D eigenvalue weighted by Crippen LogP contribution is 2.38. The van der Waals surface area contributed by atoms with E-state index in [9.17, 15) is 13.2 Å². The molecule has 14 nitrogen and oxygen atoms in total. The first kappa shape index (κ1) is 32.4. The van der Waals surface area contributed by atoms with Crippen LogP contribution in [-0.2, 0) is 14.8 Å². The predicted octanol–water partition coefficient (Wildman–Crippen LogP) is 2.09. The topological polar surface area (TPSA) is 157 Å². The number of nitrogens with one attached hydrogen (secondary N) is 2. The second-order valence-corrected chi connectivity index (χ2v) is 11.5. The van der Waals surface area contributed by atoms with E-state index in [0.717, 1.165) is 0 Å². The Bertz CT molecular complexity index is 1550. The van der Waals surface area contributed by atoms with Gasteiger partial charge in [-0.15, -0.1) is 0 Å². The molecular formula is C29H37N7O7S. The smallest absolute Gasteiger partial charge is 0.240 e. The number of benzene rings is 2. The molecule has 1 fully saturated rings. The molecule has 0 atom stereocenters. The van der Waals surface area contributed by atoms with Gasteiger partial charge in [0.05, 0.1) is 39.4 Å². The van der Waals surface area contributed by atoms with Crippen molar-refractivity contribution in [1.29, 1.82) is 0 Å². The molecule has 0 saturated carbocycles. The first-order chi connectivity index (χ1) is 21.1. The van der Waals surface area contributed by atoms with Gasteiger partial charge in [0.2, 0.25) is 33.6 Å². The Morgan fingerprint density at radius 3 is 2.23 bits per heavy atom. The predicted molar refractivity (Wildman–Crippen MR) is 167 cm³/mol. The summed E-state index contributed by atoms with van der Waals surface area (Å²) >= 11 is 0. The number of carbonyl (C=O) groups is 1. The SMILES string of the molecule is COc1cc(/C=C/C(=O)c2ccc(S(=O)(=O)NCCNc3nc(N(C)C)nc(N4CCOCC4)n3)cc2)cc(OC)c1OC. The molecule has 1 aliphatic heterocycles. The number of sulfonamides is 1. The highest BCUT2D eigenvalue weighted by molar-refractivity contribution is 7.89. The van der Waals surface area contributed by atoms with Gasteiger partial charge in [-0.25, -0.2) is 13.1 Å². The summed E-state index contributed by atoms with van der Waals surface area (Å²) in [5.41, 5.74) is 0.995. The van der Waals surface area contributed by atoms with Crippen molar-refractivity contribution in [2.75, 3.05) is 89.9 Å². The number of morpholine rings is 1. The van der Waals surface area contributed by atoms with Gasteiger partial charge < -0.3 is 34.1 Å². The van der Waals surface area contributed by atoms with E-state index in [1.807, 2.05) is 19.0 Å². The van der Waals surface area contributed by atoms with Crippen LogP contribution < -0.4 is 34.0 Å². The van der Waals surface area contributed by atoms with Crippen LogP contribution in [0, 0.1) is 0 Å². The molecule has 0 spiro atoms. The van der Waals surface area contributed by atoms with Gasteiger partial charge in [-0.05, 0) is 48.0 Å². The number of hydrogen-bond donors (Lipinski definition) is 2. The third-order valence-electron chi connectivity index (χ3n) is 6.57. The zero-order chi connectivity index (χ0) is 31.7. The van der Waals surface area contributed by atoms with Gasteiger partial charge in [-0.1, -0.05) is 6.08 Å². The average molecular weight is 628 g/mol. The Balaban J connectivity index is 1.35. The Morgan fingerprint density at radius 2 is 1.64 bits per heavy atom. The zero-order valence-corrected chi connectivity index (χ0v) is 26.2. The first-order valence-electron chi connectivity index (χ1n) is 13.8. The average Bonchev–Trinajstić information content (AvgIpc) is 3.05. The first-order valence-corrected chi connectivity index (χ1v) is 15.3. The fourth-order valence-electron chi connectivity index (χ4n) is 4.24. The van der Waals surface area contributed by atoms with Crippen molar-refractivity contribution in [3.63, 3.8) is 0 Å². The molecule has 2 N–H and O–H groups in total. The summed E-state index contributed by atoms with van der Waals surface area (Å²) in [7, 11) is 4.37. The largest absolute Gasteiger partial charge is 0.493 e. The highest BCUT2D eigenvalue weighted by Gasteiger charge is 2.18. The van der Waals surface area contributed by atoms with Crippen LogP contribution in [0.3, 0.4) is 0 Å². The normalized spacial score (nSPS) is 13.5. The van der Waals surface area contributed by atoms with Gasteiger partial charge in [-0.2, -0.15) is 15.0 Å². The Hall–Kier alpha value is -4.47. The molecule has 2 heterocycles. The standard InChI is InChI=1S/C29H37N7O7S/c1-35(2)28-32-27(33-29(34-28)36-14-16-43-17-15-36)30-12-13-31-44(38,39)22-9-7-21(8-10-22)23(37)11-6-20-18-24(40-3)26(42-5)25(19-20)41-4/h6-11,18-19,31H,12-17H2,1-5H3,(H,30,32,33,34)/b11-6+. The van der Waals surface area contributed by atoms with Crippen molar-refractivity contribution in [1.82, 2.24) is 19.7 Å². The number of methoxy groups -OCH3 is 3. The monoisotopic (exact) mass is 627 g/mol. The maximum Gasteiger partial charge on any atom is 0.240 e. The molecule has 4 rings (SSSR count). The maximum absolute atomic E-state index is 12.9. The van der Waals surface area contributed by atoms with E-state index >= 15 is 0 Å². The fraction of sp³-hybridized carbons (Fsp3) is 0.379. The van der Waals surface area contributed by atoms with Crippen LogP contribution in [0.25, 0.3) is 6.08 Å². The summed E-state index contributed by atoms with van der Waals surface area (Å²) < 4.78 is 49.7. The molecule has 44 heavy (non-hydrogen) atoms. The lowest BCUT2D eigenvalue weighted by Crippen LogP contribution is -2.38. The van der Waals surface area contributed by atoms with Crippen LogP contribution in [0.5, 0.6) is 17.2 Å². The Labute approximate surface area is 257 Å². The summed E-state index contributed by atoms with van der Waals surface area (Å²) in [5, 5.41) is 3.07. The van der Waals surface area contributed by atoms with Crippen molar-refractivity contribution < 1.29 is 32.2 Å². The van der Waals surface area contributed by atoms with Crippen molar-refractivity contribution in [3.05, 3.63) is 53.6 Å². The molecule has 15 heteroatoms. The molecule has 1 aliphatic rings. The van der Waals surface area contributed by atoms with Crippen molar-refractivity contribution >= 4 is 39.7 Å². The number of rotatable bonds is 14. The van der Waals surface area contributed by atoms with Gasteiger partial charge in [0.1, 0.15) is 0 Å². The minimum absolute atomic E-state index is 0.0346. The summed E-state index contributed by atoms with van der Waals surface area (Å²) in [6.45, 7) is 2.84. The van der Waals surface area contributed by atoms with E-state index < -0.39 is 10.0 Å². The van der Waals surface area contributed by atoms with E-state index in [-0.39, 0.29) is 23.8 Å².